The van der Waals surface area contributed by atoms with Gasteiger partial charge in [0.25, 0.3) is 0 Å². The molecule has 0 unspecified atom stereocenters. The van der Waals surface area contributed by atoms with Crippen molar-refractivity contribution in [2.24, 2.45) is 0 Å². The van der Waals surface area contributed by atoms with Gasteiger partial charge in [-0.25, -0.2) is 14.8 Å². The van der Waals surface area contributed by atoms with Crippen molar-refractivity contribution < 1.29 is 9.18 Å². The Morgan fingerprint density at radius 2 is 2.29 bits per heavy atom. The molecule has 6 nitrogen and oxygen atoms in total. The minimum absolute atomic E-state index is 0.299. The van der Waals surface area contributed by atoms with Gasteiger partial charge >= 0.3 is 6.03 Å². The third-order valence-electron chi connectivity index (χ3n) is 1.96. The predicted octanol–water partition coefficient (Wildman–Crippen LogP) is 1.02. The fraction of sp³-hybridized carbons (Fsp3) is 0.500. The molecule has 0 aliphatic carbocycles. The van der Waals surface area contributed by atoms with E-state index in [2.05, 4.69) is 20.6 Å². The fourth-order valence-electron chi connectivity index (χ4n) is 1.20. The summed E-state index contributed by atoms with van der Waals surface area (Å²) in [6, 6.07) is -0.392. The van der Waals surface area contributed by atoms with Crippen LogP contribution in [0, 0.1) is 0 Å². The molecule has 2 N–H and O–H groups in total. The largest absolute Gasteiger partial charge is 0.361 e. The normalized spacial score (nSPS) is 9.82. The predicted molar refractivity (Wildman–Crippen MR) is 64.0 cm³/mol. The number of amides is 2. The van der Waals surface area contributed by atoms with E-state index in [0.717, 1.165) is 0 Å². The summed E-state index contributed by atoms with van der Waals surface area (Å²) in [7, 11) is 3.63. The molecule has 0 aliphatic heterocycles. The van der Waals surface area contributed by atoms with E-state index >= 15 is 0 Å². The van der Waals surface area contributed by atoms with Crippen LogP contribution in [-0.2, 0) is 0 Å². The van der Waals surface area contributed by atoms with E-state index < -0.39 is 12.7 Å². The zero-order valence-corrected chi connectivity index (χ0v) is 9.90. The van der Waals surface area contributed by atoms with Gasteiger partial charge in [0.15, 0.2) is 5.82 Å². The quantitative estimate of drug-likeness (QED) is 0.755. The van der Waals surface area contributed by atoms with Crippen molar-refractivity contribution in [1.82, 2.24) is 15.3 Å². The van der Waals surface area contributed by atoms with E-state index in [1.807, 2.05) is 14.1 Å². The number of alkyl halides is 1. The number of anilines is 2. The number of halogens is 1. The second kappa shape index (κ2) is 6.62. The molecule has 2 amide bonds. The van der Waals surface area contributed by atoms with Crippen molar-refractivity contribution in [2.45, 2.75) is 6.42 Å². The summed E-state index contributed by atoms with van der Waals surface area (Å²) >= 11 is 0. The highest BCUT2D eigenvalue weighted by molar-refractivity contribution is 5.92. The molecule has 1 heterocycles. The van der Waals surface area contributed by atoms with Gasteiger partial charge in [-0.3, -0.25) is 4.39 Å². The zero-order valence-electron chi connectivity index (χ0n) is 9.90. The second-order valence-electron chi connectivity index (χ2n) is 3.58. The van der Waals surface area contributed by atoms with Crippen molar-refractivity contribution >= 4 is 17.5 Å². The van der Waals surface area contributed by atoms with Gasteiger partial charge in [0.1, 0.15) is 12.0 Å². The second-order valence-corrected chi connectivity index (χ2v) is 3.58. The van der Waals surface area contributed by atoms with E-state index in [0.29, 0.717) is 24.5 Å². The highest BCUT2D eigenvalue weighted by atomic mass is 19.1. The zero-order chi connectivity index (χ0) is 12.7. The summed E-state index contributed by atoms with van der Waals surface area (Å²) < 4.78 is 11.8. The topological polar surface area (TPSA) is 70.2 Å². The van der Waals surface area contributed by atoms with Crippen molar-refractivity contribution in [2.75, 3.05) is 37.5 Å². The van der Waals surface area contributed by atoms with Crippen LogP contribution >= 0.6 is 0 Å². The molecule has 7 heteroatoms. The lowest BCUT2D eigenvalue weighted by atomic mass is 10.4. The first kappa shape index (κ1) is 13.1. The number of hydrogen-bond acceptors (Lipinski definition) is 4. The number of carbonyl (C=O) groups is 1. The van der Waals surface area contributed by atoms with Crippen LogP contribution in [0.3, 0.4) is 0 Å². The first-order valence-corrected chi connectivity index (χ1v) is 5.23. The van der Waals surface area contributed by atoms with Gasteiger partial charge in [-0.15, -0.1) is 0 Å². The van der Waals surface area contributed by atoms with Crippen molar-refractivity contribution in [1.29, 1.82) is 0 Å². The molecular weight excluding hydrogens is 225 g/mol. The minimum Gasteiger partial charge on any atom is -0.361 e. The highest BCUT2D eigenvalue weighted by Crippen LogP contribution is 2.18. The van der Waals surface area contributed by atoms with Crippen LogP contribution in [0.15, 0.2) is 12.5 Å². The van der Waals surface area contributed by atoms with Gasteiger partial charge in [-0.2, -0.15) is 0 Å². The molecule has 0 spiro atoms. The van der Waals surface area contributed by atoms with E-state index in [4.69, 9.17) is 0 Å². The maximum Gasteiger partial charge on any atom is 0.319 e. The van der Waals surface area contributed by atoms with Gasteiger partial charge < -0.3 is 15.5 Å². The maximum absolute atomic E-state index is 11.8. The average Bonchev–Trinajstić information content (AvgIpc) is 2.29. The number of rotatable bonds is 5. The molecule has 0 atom stereocenters. The van der Waals surface area contributed by atoms with E-state index in [1.165, 1.54) is 12.5 Å². The molecule has 0 bridgehead atoms. The molecule has 0 saturated heterocycles. The monoisotopic (exact) mass is 241 g/mol. The first-order valence-electron chi connectivity index (χ1n) is 5.23. The van der Waals surface area contributed by atoms with Gasteiger partial charge in [0.2, 0.25) is 0 Å². The molecule has 94 valence electrons. The smallest absolute Gasteiger partial charge is 0.319 e. The summed E-state index contributed by atoms with van der Waals surface area (Å²) in [5, 5.41) is 5.15. The highest BCUT2D eigenvalue weighted by Gasteiger charge is 2.08. The van der Waals surface area contributed by atoms with Crippen molar-refractivity contribution in [3.63, 3.8) is 0 Å². The summed E-state index contributed by atoms with van der Waals surface area (Å²) in [5.41, 5.74) is 0.509. The van der Waals surface area contributed by atoms with Crippen molar-refractivity contribution in [3.8, 4) is 0 Å². The van der Waals surface area contributed by atoms with Gasteiger partial charge in [0.05, 0.1) is 12.9 Å². The van der Waals surface area contributed by atoms with Crippen LogP contribution in [0.5, 0.6) is 0 Å². The Morgan fingerprint density at radius 1 is 1.53 bits per heavy atom. The third kappa shape index (κ3) is 4.21. The Kier molecular flexibility index (Phi) is 5.12. The van der Waals surface area contributed by atoms with Crippen LogP contribution in [0.25, 0.3) is 0 Å². The number of aromatic nitrogens is 2. The average molecular weight is 241 g/mol. The molecule has 0 saturated carbocycles. The Labute approximate surface area is 99.2 Å². The van der Waals surface area contributed by atoms with E-state index in [-0.39, 0.29) is 0 Å². The molecule has 1 rings (SSSR count). The van der Waals surface area contributed by atoms with Crippen LogP contribution in [0.4, 0.5) is 20.7 Å². The van der Waals surface area contributed by atoms with Gasteiger partial charge in [-0.1, -0.05) is 0 Å². The molecule has 1 aromatic heterocycles. The number of carbonyl (C=O) groups excluding carboxylic acids is 1. The fourth-order valence-corrected chi connectivity index (χ4v) is 1.20. The molecule has 0 fully saturated rings. The SMILES string of the molecule is CN(C)c1ncncc1NC(=O)NCCCF. The van der Waals surface area contributed by atoms with Crippen LogP contribution in [-0.4, -0.2) is 43.3 Å². The molecule has 0 aromatic carbocycles. The molecule has 0 radical (unpaired) electrons. The minimum atomic E-state index is -0.447. The van der Waals surface area contributed by atoms with Crippen LogP contribution in [0.1, 0.15) is 6.42 Å². The number of urea groups is 1. The summed E-state index contributed by atoms with van der Waals surface area (Å²) in [5.74, 6) is 0.612. The van der Waals surface area contributed by atoms with Crippen LogP contribution < -0.4 is 15.5 Å². The number of nitrogens with zero attached hydrogens (tertiary/aromatic N) is 3. The van der Waals surface area contributed by atoms with Gasteiger partial charge in [0, 0.05) is 20.6 Å². The standard InChI is InChI=1S/C10H16FN5O/c1-16(2)9-8(6-12-7-14-9)15-10(17)13-5-3-4-11/h6-7H,3-5H2,1-2H3,(H2,13,15,17). The lowest BCUT2D eigenvalue weighted by molar-refractivity contribution is 0.251. The Balaban J connectivity index is 2.58. The first-order chi connectivity index (χ1) is 8.15. The van der Waals surface area contributed by atoms with Crippen LogP contribution in [0.2, 0.25) is 0 Å². The summed E-state index contributed by atoms with van der Waals surface area (Å²) in [4.78, 5) is 21.1. The maximum atomic E-state index is 11.8. The molecule has 1 aromatic rings. The number of nitrogens with one attached hydrogen (secondary N) is 2. The molecule has 17 heavy (non-hydrogen) atoms. The van der Waals surface area contributed by atoms with E-state index in [1.54, 1.807) is 4.90 Å². The lowest BCUT2D eigenvalue weighted by Gasteiger charge is -2.15. The number of hydrogen-bond donors (Lipinski definition) is 2. The van der Waals surface area contributed by atoms with E-state index in [9.17, 15) is 9.18 Å². The summed E-state index contributed by atoms with van der Waals surface area (Å²) in [6.45, 7) is -0.148. The Bertz CT molecular complexity index is 371. The third-order valence-corrected chi connectivity index (χ3v) is 1.96. The van der Waals surface area contributed by atoms with Gasteiger partial charge in [-0.05, 0) is 6.42 Å². The van der Waals surface area contributed by atoms with Crippen molar-refractivity contribution in [3.05, 3.63) is 12.5 Å². The Hall–Kier alpha value is -1.92. The molecule has 0 aliphatic rings. The lowest BCUT2D eigenvalue weighted by Crippen LogP contribution is -2.30. The summed E-state index contributed by atoms with van der Waals surface area (Å²) in [6.07, 6.45) is 3.22. The Morgan fingerprint density at radius 3 is 2.94 bits per heavy atom. The molecular formula is C10H16FN5O.